The predicted molar refractivity (Wildman–Crippen MR) is 52.0 cm³/mol. The van der Waals surface area contributed by atoms with Crippen LogP contribution in [0.15, 0.2) is 24.1 Å². The highest BCUT2D eigenvalue weighted by atomic mass is 16.5. The van der Waals surface area contributed by atoms with Crippen LogP contribution in [0, 0.1) is 11.3 Å². The van der Waals surface area contributed by atoms with Crippen LogP contribution in [0.3, 0.4) is 0 Å². The van der Waals surface area contributed by atoms with Crippen LogP contribution in [0.4, 0.5) is 0 Å². The highest BCUT2D eigenvalue weighted by Crippen LogP contribution is 2.15. The molecule has 0 aliphatic carbocycles. The number of hydrogen-bond acceptors (Lipinski definition) is 4. The summed E-state index contributed by atoms with van der Waals surface area (Å²) in [5.41, 5.74) is -1.03. The lowest BCUT2D eigenvalue weighted by molar-refractivity contribution is 0.0237. The van der Waals surface area contributed by atoms with Crippen LogP contribution >= 0.6 is 0 Å². The van der Waals surface area contributed by atoms with E-state index in [1.807, 2.05) is 13.8 Å². The van der Waals surface area contributed by atoms with Crippen LogP contribution in [0.2, 0.25) is 0 Å². The first-order chi connectivity index (χ1) is 6.76. The van der Waals surface area contributed by atoms with Crippen molar-refractivity contribution < 1.29 is 9.47 Å². The molecular weight excluding hydrogens is 180 g/mol. The van der Waals surface area contributed by atoms with Gasteiger partial charge in [0.15, 0.2) is 0 Å². The van der Waals surface area contributed by atoms with Gasteiger partial charge >= 0.3 is 0 Å². The maximum atomic E-state index is 8.93. The van der Waals surface area contributed by atoms with Gasteiger partial charge in [-0.1, -0.05) is 0 Å². The fraction of sp³-hybridized carbons (Fsp3) is 0.500. The van der Waals surface area contributed by atoms with Gasteiger partial charge in [-0.25, -0.2) is 0 Å². The van der Waals surface area contributed by atoms with Gasteiger partial charge in [-0.3, -0.25) is 0 Å². The number of rotatable bonds is 4. The van der Waals surface area contributed by atoms with Gasteiger partial charge in [-0.2, -0.15) is 5.26 Å². The summed E-state index contributed by atoms with van der Waals surface area (Å²) in [6.45, 7) is 4.83. The summed E-state index contributed by atoms with van der Waals surface area (Å²) >= 11 is 0. The number of hydrogen-bond donors (Lipinski definition) is 1. The predicted octanol–water partition coefficient (Wildman–Crippen LogP) is 1.28. The van der Waals surface area contributed by atoms with Crippen molar-refractivity contribution in [1.82, 2.24) is 5.32 Å². The van der Waals surface area contributed by atoms with E-state index in [0.717, 1.165) is 0 Å². The van der Waals surface area contributed by atoms with Crippen LogP contribution < -0.4 is 5.32 Å². The van der Waals surface area contributed by atoms with Crippen molar-refractivity contribution in [2.45, 2.75) is 19.6 Å². The highest BCUT2D eigenvalue weighted by Gasteiger charge is 2.28. The third-order valence-corrected chi connectivity index (χ3v) is 1.76. The third-order valence-electron chi connectivity index (χ3n) is 1.76. The van der Waals surface area contributed by atoms with Crippen LogP contribution in [0.5, 0.6) is 0 Å². The van der Waals surface area contributed by atoms with Crippen LogP contribution in [0.25, 0.3) is 0 Å². The molecule has 1 atom stereocenters. The zero-order valence-electron chi connectivity index (χ0n) is 8.41. The van der Waals surface area contributed by atoms with E-state index in [2.05, 4.69) is 11.4 Å². The normalized spacial score (nSPS) is 24.8. The van der Waals surface area contributed by atoms with Gasteiger partial charge in [0.1, 0.15) is 11.8 Å². The molecule has 0 radical (unpaired) electrons. The van der Waals surface area contributed by atoms with Crippen molar-refractivity contribution in [2.24, 2.45) is 0 Å². The summed E-state index contributed by atoms with van der Waals surface area (Å²) in [6.07, 6.45) is 5.03. The number of nitrogens with one attached hydrogen (secondary N) is 1. The molecule has 0 aromatic carbocycles. The van der Waals surface area contributed by atoms with E-state index in [9.17, 15) is 0 Å². The van der Waals surface area contributed by atoms with Crippen LogP contribution in [-0.2, 0) is 9.47 Å². The number of nitriles is 1. The van der Waals surface area contributed by atoms with Gasteiger partial charge in [0, 0.05) is 12.8 Å². The monoisotopic (exact) mass is 194 g/mol. The molecule has 1 aliphatic rings. The SMILES string of the molecule is CCOC1=CNC(C#N)(OCC)C=C1. The molecule has 0 aromatic heterocycles. The molecule has 0 aromatic rings. The summed E-state index contributed by atoms with van der Waals surface area (Å²) < 4.78 is 10.5. The van der Waals surface area contributed by atoms with E-state index < -0.39 is 5.72 Å². The Bertz CT molecular complexity index is 291. The lowest BCUT2D eigenvalue weighted by atomic mass is 10.2. The van der Waals surface area contributed by atoms with Crippen molar-refractivity contribution in [1.29, 1.82) is 5.26 Å². The Morgan fingerprint density at radius 3 is 2.71 bits per heavy atom. The maximum Gasteiger partial charge on any atom is 0.248 e. The second kappa shape index (κ2) is 4.68. The zero-order chi connectivity index (χ0) is 10.4. The first kappa shape index (κ1) is 10.6. The fourth-order valence-electron chi connectivity index (χ4n) is 1.15. The van der Waals surface area contributed by atoms with Gasteiger partial charge in [0.25, 0.3) is 0 Å². The quantitative estimate of drug-likeness (QED) is 0.732. The summed E-state index contributed by atoms with van der Waals surface area (Å²) in [6, 6.07) is 2.06. The number of ether oxygens (including phenoxy) is 2. The molecule has 76 valence electrons. The van der Waals surface area contributed by atoms with Crippen molar-refractivity contribution >= 4 is 0 Å². The molecule has 0 amide bonds. The van der Waals surface area contributed by atoms with Gasteiger partial charge < -0.3 is 14.8 Å². The molecule has 1 N–H and O–H groups in total. The summed E-state index contributed by atoms with van der Waals surface area (Å²) in [5, 5.41) is 11.8. The van der Waals surface area contributed by atoms with Crippen molar-refractivity contribution in [3.8, 4) is 6.07 Å². The molecule has 14 heavy (non-hydrogen) atoms. The van der Waals surface area contributed by atoms with Gasteiger partial charge in [0.05, 0.1) is 6.61 Å². The Morgan fingerprint density at radius 2 is 2.29 bits per heavy atom. The van der Waals surface area contributed by atoms with E-state index in [0.29, 0.717) is 19.0 Å². The standard InChI is InChI=1S/C10H14N2O2/c1-3-13-9-5-6-10(8-11,12-7-9)14-4-2/h5-7,12H,3-4H2,1-2H3. The minimum absolute atomic E-state index is 0.475. The molecule has 1 aliphatic heterocycles. The smallest absolute Gasteiger partial charge is 0.248 e. The van der Waals surface area contributed by atoms with Crippen molar-refractivity contribution in [2.75, 3.05) is 13.2 Å². The Balaban J connectivity index is 2.65. The second-order valence-corrected chi connectivity index (χ2v) is 2.74. The first-order valence-corrected chi connectivity index (χ1v) is 4.61. The van der Waals surface area contributed by atoms with Crippen molar-refractivity contribution in [3.63, 3.8) is 0 Å². The minimum atomic E-state index is -1.03. The molecule has 1 unspecified atom stereocenters. The highest BCUT2D eigenvalue weighted by molar-refractivity contribution is 5.27. The molecule has 0 saturated heterocycles. The fourth-order valence-corrected chi connectivity index (χ4v) is 1.15. The Morgan fingerprint density at radius 1 is 1.50 bits per heavy atom. The molecule has 0 spiro atoms. The largest absolute Gasteiger partial charge is 0.492 e. The van der Waals surface area contributed by atoms with E-state index in [-0.39, 0.29) is 0 Å². The molecular formula is C10H14N2O2. The molecule has 1 rings (SSSR count). The third kappa shape index (κ3) is 2.27. The van der Waals surface area contributed by atoms with Gasteiger partial charge in [-0.15, -0.1) is 0 Å². The Hall–Kier alpha value is -1.47. The first-order valence-electron chi connectivity index (χ1n) is 4.61. The van der Waals surface area contributed by atoms with E-state index >= 15 is 0 Å². The van der Waals surface area contributed by atoms with Gasteiger partial charge in [0.2, 0.25) is 5.72 Å². The molecule has 0 saturated carbocycles. The average Bonchev–Trinajstić information content (AvgIpc) is 2.22. The molecule has 0 fully saturated rings. The van der Waals surface area contributed by atoms with Crippen molar-refractivity contribution in [3.05, 3.63) is 24.1 Å². The molecule has 0 bridgehead atoms. The second-order valence-electron chi connectivity index (χ2n) is 2.74. The topological polar surface area (TPSA) is 54.3 Å². The van der Waals surface area contributed by atoms with Crippen LogP contribution in [0.1, 0.15) is 13.8 Å². The molecule has 4 nitrogen and oxygen atoms in total. The number of dihydropyridines is 1. The number of nitrogens with zero attached hydrogens (tertiary/aromatic N) is 1. The summed E-state index contributed by atoms with van der Waals surface area (Å²) in [5.74, 6) is 0.707. The van der Waals surface area contributed by atoms with Crippen LogP contribution in [-0.4, -0.2) is 18.9 Å². The summed E-state index contributed by atoms with van der Waals surface area (Å²) in [4.78, 5) is 0. The summed E-state index contributed by atoms with van der Waals surface area (Å²) in [7, 11) is 0. The Kier molecular flexibility index (Phi) is 3.55. The van der Waals surface area contributed by atoms with E-state index in [4.69, 9.17) is 14.7 Å². The Labute approximate surface area is 83.8 Å². The lowest BCUT2D eigenvalue weighted by Gasteiger charge is -2.26. The zero-order valence-corrected chi connectivity index (χ0v) is 8.41. The number of allylic oxidation sites excluding steroid dienone is 1. The lowest BCUT2D eigenvalue weighted by Crippen LogP contribution is -2.43. The minimum Gasteiger partial charge on any atom is -0.492 e. The molecule has 4 heteroatoms. The maximum absolute atomic E-state index is 8.93. The van der Waals surface area contributed by atoms with E-state index in [1.165, 1.54) is 0 Å². The molecule has 1 heterocycles. The van der Waals surface area contributed by atoms with E-state index in [1.54, 1.807) is 18.4 Å². The average molecular weight is 194 g/mol. The van der Waals surface area contributed by atoms with Gasteiger partial charge in [-0.05, 0) is 26.0 Å².